The molecular formula is C16H15NO3S. The molecule has 5 heteroatoms. The Morgan fingerprint density at radius 2 is 1.67 bits per heavy atom. The van der Waals surface area contributed by atoms with Gasteiger partial charge in [-0.15, -0.1) is 0 Å². The van der Waals surface area contributed by atoms with Crippen LogP contribution in [0.3, 0.4) is 0 Å². The Hall–Kier alpha value is -1.98. The van der Waals surface area contributed by atoms with E-state index in [0.717, 1.165) is 5.56 Å². The number of carbonyl (C=O) groups is 1. The summed E-state index contributed by atoms with van der Waals surface area (Å²) in [7, 11) is -3.57. The van der Waals surface area contributed by atoms with Gasteiger partial charge in [-0.2, -0.15) is 4.31 Å². The first-order chi connectivity index (χ1) is 10.00. The molecule has 2 unspecified atom stereocenters. The van der Waals surface area contributed by atoms with E-state index in [1.54, 1.807) is 48.5 Å². The molecule has 0 saturated carbocycles. The number of carbonyl (C=O) groups excluding carboxylic acids is 1. The molecule has 0 N–H and O–H groups in total. The summed E-state index contributed by atoms with van der Waals surface area (Å²) >= 11 is 0. The van der Waals surface area contributed by atoms with Crippen molar-refractivity contribution in [3.8, 4) is 0 Å². The zero-order valence-corrected chi connectivity index (χ0v) is 12.4. The van der Waals surface area contributed by atoms with Crippen LogP contribution in [0.5, 0.6) is 0 Å². The van der Waals surface area contributed by atoms with E-state index in [9.17, 15) is 13.2 Å². The quantitative estimate of drug-likeness (QED) is 0.643. The van der Waals surface area contributed by atoms with Crippen LogP contribution in [0, 0.1) is 6.92 Å². The second-order valence-corrected chi connectivity index (χ2v) is 7.02. The molecule has 1 aliphatic heterocycles. The summed E-state index contributed by atoms with van der Waals surface area (Å²) in [5.74, 6) is -0.147. The average molecular weight is 301 g/mol. The highest BCUT2D eigenvalue weighted by Crippen LogP contribution is 2.30. The van der Waals surface area contributed by atoms with E-state index in [4.69, 9.17) is 0 Å². The Morgan fingerprint density at radius 1 is 1.05 bits per heavy atom. The van der Waals surface area contributed by atoms with Gasteiger partial charge in [-0.05, 0) is 19.1 Å². The number of nitrogens with zero attached hydrogens (tertiary/aromatic N) is 1. The Balaban J connectivity index is 1.81. The Bertz CT molecular complexity index is 767. The number of sulfonamides is 1. The molecule has 1 fully saturated rings. The topological polar surface area (TPSA) is 54.2 Å². The van der Waals surface area contributed by atoms with Crippen molar-refractivity contribution in [3.05, 3.63) is 65.7 Å². The lowest BCUT2D eigenvalue weighted by molar-refractivity contribution is 0.0983. The third-order valence-corrected chi connectivity index (χ3v) is 5.44. The zero-order valence-electron chi connectivity index (χ0n) is 11.6. The van der Waals surface area contributed by atoms with Gasteiger partial charge in [-0.25, -0.2) is 8.42 Å². The lowest BCUT2D eigenvalue weighted by Gasteiger charge is -2.06. The number of ketones is 1. The van der Waals surface area contributed by atoms with E-state index in [2.05, 4.69) is 0 Å². The summed E-state index contributed by atoms with van der Waals surface area (Å²) in [5, 5.41) is 0. The Kier molecular flexibility index (Phi) is 3.39. The molecular weight excluding hydrogens is 286 g/mol. The highest BCUT2D eigenvalue weighted by Gasteiger charge is 2.49. The van der Waals surface area contributed by atoms with Gasteiger partial charge in [-0.1, -0.05) is 48.0 Å². The summed E-state index contributed by atoms with van der Waals surface area (Å²) in [6.45, 7) is 2.15. The first kappa shape index (κ1) is 14.0. The molecule has 0 aromatic heterocycles. The normalized spacial score (nSPS) is 21.0. The van der Waals surface area contributed by atoms with E-state index in [1.165, 1.54) is 4.31 Å². The molecule has 108 valence electrons. The molecule has 1 aliphatic rings. The molecule has 4 nitrogen and oxygen atoms in total. The maximum absolute atomic E-state index is 12.4. The number of hydrogen-bond donors (Lipinski definition) is 0. The summed E-state index contributed by atoms with van der Waals surface area (Å²) in [5.41, 5.74) is 1.54. The van der Waals surface area contributed by atoms with Crippen molar-refractivity contribution in [1.82, 2.24) is 4.31 Å². The van der Waals surface area contributed by atoms with Crippen molar-refractivity contribution >= 4 is 15.8 Å². The number of Topliss-reactive ketones (excluding diaryl/α,β-unsaturated/α-hetero) is 1. The first-order valence-electron chi connectivity index (χ1n) is 6.68. The van der Waals surface area contributed by atoms with E-state index in [0.29, 0.717) is 5.56 Å². The Labute approximate surface area is 124 Å². The fraction of sp³-hybridized carbons (Fsp3) is 0.188. The summed E-state index contributed by atoms with van der Waals surface area (Å²) in [6, 6.07) is 14.9. The van der Waals surface area contributed by atoms with Gasteiger partial charge >= 0.3 is 0 Å². The third kappa shape index (κ3) is 2.62. The van der Waals surface area contributed by atoms with Gasteiger partial charge in [0.05, 0.1) is 4.90 Å². The van der Waals surface area contributed by atoms with Gasteiger partial charge in [-0.3, -0.25) is 4.79 Å². The summed E-state index contributed by atoms with van der Waals surface area (Å²) in [6.07, 6.45) is 0. The number of benzene rings is 2. The van der Waals surface area contributed by atoms with Crippen molar-refractivity contribution in [3.63, 3.8) is 0 Å². The van der Waals surface area contributed by atoms with Gasteiger partial charge in [0.15, 0.2) is 5.78 Å². The molecule has 0 radical (unpaired) electrons. The van der Waals surface area contributed by atoms with Gasteiger partial charge in [0.2, 0.25) is 10.0 Å². The largest absolute Gasteiger partial charge is 0.292 e. The maximum atomic E-state index is 12.4. The van der Waals surface area contributed by atoms with Crippen LogP contribution < -0.4 is 0 Å². The molecule has 2 aromatic carbocycles. The van der Waals surface area contributed by atoms with Crippen molar-refractivity contribution < 1.29 is 13.2 Å². The Morgan fingerprint density at radius 3 is 2.29 bits per heavy atom. The lowest BCUT2D eigenvalue weighted by Crippen LogP contribution is -2.19. The van der Waals surface area contributed by atoms with Crippen LogP contribution in [0.4, 0.5) is 0 Å². The minimum absolute atomic E-state index is 0.147. The molecule has 1 saturated heterocycles. The minimum Gasteiger partial charge on any atom is -0.292 e. The van der Waals surface area contributed by atoms with Crippen molar-refractivity contribution in [2.24, 2.45) is 0 Å². The van der Waals surface area contributed by atoms with Crippen LogP contribution in [0.1, 0.15) is 15.9 Å². The lowest BCUT2D eigenvalue weighted by atomic mass is 10.1. The van der Waals surface area contributed by atoms with Crippen LogP contribution in [0.2, 0.25) is 0 Å². The molecule has 1 heterocycles. The maximum Gasteiger partial charge on any atom is 0.243 e. The number of aryl methyl sites for hydroxylation is 1. The van der Waals surface area contributed by atoms with Gasteiger partial charge in [0.25, 0.3) is 0 Å². The smallest absolute Gasteiger partial charge is 0.243 e. The summed E-state index contributed by atoms with van der Waals surface area (Å²) < 4.78 is 26.1. The minimum atomic E-state index is -3.57. The monoisotopic (exact) mass is 301 g/mol. The van der Waals surface area contributed by atoms with Crippen molar-refractivity contribution in [2.45, 2.75) is 17.9 Å². The van der Waals surface area contributed by atoms with Crippen LogP contribution in [-0.4, -0.2) is 31.1 Å². The van der Waals surface area contributed by atoms with E-state index < -0.39 is 16.1 Å². The molecule has 0 spiro atoms. The summed E-state index contributed by atoms with van der Waals surface area (Å²) in [4.78, 5) is 12.5. The highest BCUT2D eigenvalue weighted by atomic mass is 32.2. The average Bonchev–Trinajstić information content (AvgIpc) is 3.29. The molecule has 21 heavy (non-hydrogen) atoms. The fourth-order valence-corrected chi connectivity index (χ4v) is 3.76. The molecule has 2 atom stereocenters. The third-order valence-electron chi connectivity index (χ3n) is 3.56. The van der Waals surface area contributed by atoms with Gasteiger partial charge in [0.1, 0.15) is 6.04 Å². The van der Waals surface area contributed by atoms with Crippen molar-refractivity contribution in [2.75, 3.05) is 6.54 Å². The van der Waals surface area contributed by atoms with E-state index in [1.807, 2.05) is 13.0 Å². The van der Waals surface area contributed by atoms with E-state index >= 15 is 0 Å². The number of hydrogen-bond acceptors (Lipinski definition) is 3. The fourth-order valence-electron chi connectivity index (χ4n) is 2.24. The van der Waals surface area contributed by atoms with Crippen LogP contribution >= 0.6 is 0 Å². The van der Waals surface area contributed by atoms with Gasteiger partial charge < -0.3 is 0 Å². The van der Waals surface area contributed by atoms with Crippen LogP contribution in [-0.2, 0) is 10.0 Å². The number of rotatable bonds is 4. The highest BCUT2D eigenvalue weighted by molar-refractivity contribution is 7.89. The SMILES string of the molecule is Cc1ccc(S(=O)(=O)N2CC2C(=O)c2ccccc2)cc1. The molecule has 0 amide bonds. The standard InChI is InChI=1S/C16H15NO3S/c1-12-7-9-14(10-8-12)21(19,20)17-11-15(17)16(18)13-5-3-2-4-6-13/h2-10,15H,11H2,1H3. The molecule has 2 aromatic rings. The predicted molar refractivity (Wildman–Crippen MR) is 79.6 cm³/mol. The predicted octanol–water partition coefficient (Wildman–Crippen LogP) is 2.25. The molecule has 0 bridgehead atoms. The first-order valence-corrected chi connectivity index (χ1v) is 8.12. The van der Waals surface area contributed by atoms with Gasteiger partial charge in [0, 0.05) is 12.1 Å². The molecule has 3 rings (SSSR count). The zero-order chi connectivity index (χ0) is 15.0. The second-order valence-electron chi connectivity index (χ2n) is 5.13. The van der Waals surface area contributed by atoms with Crippen LogP contribution in [0.15, 0.2) is 59.5 Å². The second kappa shape index (κ2) is 5.09. The molecule has 0 aliphatic carbocycles. The van der Waals surface area contributed by atoms with E-state index in [-0.39, 0.29) is 17.2 Å². The van der Waals surface area contributed by atoms with Crippen molar-refractivity contribution in [1.29, 1.82) is 0 Å². The van der Waals surface area contributed by atoms with Crippen LogP contribution in [0.25, 0.3) is 0 Å².